The monoisotopic (exact) mass is 469 g/mol. The molecule has 0 aliphatic carbocycles. The molecule has 142 valence electrons. The van der Waals surface area contributed by atoms with Crippen LogP contribution in [0, 0.1) is 0 Å². The molecule has 1 fully saturated rings. The van der Waals surface area contributed by atoms with Gasteiger partial charge in [0.1, 0.15) is 6.04 Å². The van der Waals surface area contributed by atoms with Gasteiger partial charge in [0, 0.05) is 16.0 Å². The minimum atomic E-state index is -3.78. The average Bonchev–Trinajstić information content (AvgIpc) is 3.13. The van der Waals surface area contributed by atoms with E-state index in [4.69, 9.17) is 11.6 Å². The summed E-state index contributed by atoms with van der Waals surface area (Å²) in [4.78, 5) is 12.6. The van der Waals surface area contributed by atoms with Crippen LogP contribution in [0.4, 0.5) is 0 Å². The molecule has 1 saturated heterocycles. The number of nitrogens with one attached hydrogen (secondary N) is 1. The van der Waals surface area contributed by atoms with Crippen molar-refractivity contribution in [3.8, 4) is 0 Å². The lowest BCUT2D eigenvalue weighted by Crippen LogP contribution is -2.44. The van der Waals surface area contributed by atoms with Crippen molar-refractivity contribution in [3.05, 3.63) is 63.6 Å². The van der Waals surface area contributed by atoms with Crippen LogP contribution in [0.15, 0.2) is 63.0 Å². The Kier molecular flexibility index (Phi) is 6.31. The molecule has 0 unspecified atom stereocenters. The number of amides is 1. The van der Waals surface area contributed by atoms with Crippen molar-refractivity contribution in [1.82, 2.24) is 9.73 Å². The molecule has 0 bridgehead atoms. The van der Waals surface area contributed by atoms with Crippen LogP contribution in [-0.4, -0.2) is 37.4 Å². The molecule has 3 rings (SSSR count). The molecule has 1 aliphatic rings. The number of hydrazone groups is 1. The molecule has 1 aliphatic heterocycles. The fourth-order valence-corrected chi connectivity index (χ4v) is 5.06. The lowest BCUT2D eigenvalue weighted by atomic mass is 10.2. The minimum Gasteiger partial charge on any atom is -0.271 e. The lowest BCUT2D eigenvalue weighted by molar-refractivity contribution is -0.124. The molecule has 27 heavy (non-hydrogen) atoms. The molecule has 0 radical (unpaired) electrons. The van der Waals surface area contributed by atoms with Crippen molar-refractivity contribution in [3.63, 3.8) is 0 Å². The average molecular weight is 471 g/mol. The summed E-state index contributed by atoms with van der Waals surface area (Å²) in [6, 6.07) is 12.6. The molecule has 1 atom stereocenters. The largest absolute Gasteiger partial charge is 0.271 e. The van der Waals surface area contributed by atoms with E-state index in [1.165, 1.54) is 34.8 Å². The Morgan fingerprint density at radius 1 is 1.26 bits per heavy atom. The van der Waals surface area contributed by atoms with Gasteiger partial charge in [-0.25, -0.2) is 13.8 Å². The van der Waals surface area contributed by atoms with Crippen LogP contribution in [0.25, 0.3) is 0 Å². The summed E-state index contributed by atoms with van der Waals surface area (Å²) < 4.78 is 27.8. The standard InChI is InChI=1S/C18H17BrClN3O3S/c19-14-4-1-3-13(11-14)12-21-22-18(24)17-5-2-10-23(17)27(25,26)16-8-6-15(20)7-9-16/h1,3-4,6-9,11-12,17H,2,5,10H2,(H,22,24)/b21-12-/t17-/m1/s1. The zero-order chi connectivity index (χ0) is 19.4. The van der Waals surface area contributed by atoms with Gasteiger partial charge in [0.2, 0.25) is 10.0 Å². The number of carbonyl (C=O) groups is 1. The van der Waals surface area contributed by atoms with E-state index in [9.17, 15) is 13.2 Å². The number of benzene rings is 2. The van der Waals surface area contributed by atoms with Gasteiger partial charge >= 0.3 is 0 Å². The van der Waals surface area contributed by atoms with Crippen molar-refractivity contribution in [2.24, 2.45) is 5.10 Å². The molecule has 2 aromatic rings. The third-order valence-corrected chi connectivity index (χ3v) is 6.83. The van der Waals surface area contributed by atoms with E-state index < -0.39 is 22.0 Å². The molecule has 0 saturated carbocycles. The minimum absolute atomic E-state index is 0.115. The van der Waals surface area contributed by atoms with Crippen molar-refractivity contribution in [2.45, 2.75) is 23.8 Å². The summed E-state index contributed by atoms with van der Waals surface area (Å²) in [5, 5.41) is 4.39. The van der Waals surface area contributed by atoms with Crippen LogP contribution < -0.4 is 5.43 Å². The molecular weight excluding hydrogens is 454 g/mol. The highest BCUT2D eigenvalue weighted by molar-refractivity contribution is 9.10. The Labute approximate surface area is 171 Å². The first-order valence-electron chi connectivity index (χ1n) is 8.24. The number of hydrogen-bond acceptors (Lipinski definition) is 4. The summed E-state index contributed by atoms with van der Waals surface area (Å²) in [7, 11) is -3.78. The maximum absolute atomic E-state index is 12.9. The highest BCUT2D eigenvalue weighted by Gasteiger charge is 2.39. The number of hydrogen-bond donors (Lipinski definition) is 1. The van der Waals surface area contributed by atoms with E-state index >= 15 is 0 Å². The fourth-order valence-electron chi connectivity index (χ4n) is 2.86. The second-order valence-corrected chi connectivity index (χ2v) is 9.26. The summed E-state index contributed by atoms with van der Waals surface area (Å²) in [5.41, 5.74) is 3.25. The summed E-state index contributed by atoms with van der Waals surface area (Å²) in [6.45, 7) is 0.290. The fraction of sp³-hybridized carbons (Fsp3) is 0.222. The number of carbonyl (C=O) groups excluding carboxylic acids is 1. The van der Waals surface area contributed by atoms with E-state index in [1.54, 1.807) is 0 Å². The van der Waals surface area contributed by atoms with Crippen LogP contribution in [0.1, 0.15) is 18.4 Å². The Balaban J connectivity index is 1.71. The van der Waals surface area contributed by atoms with Gasteiger partial charge in [-0.2, -0.15) is 9.41 Å². The van der Waals surface area contributed by atoms with E-state index in [0.717, 1.165) is 10.0 Å². The number of sulfonamides is 1. The van der Waals surface area contributed by atoms with E-state index in [0.29, 0.717) is 24.4 Å². The first-order chi connectivity index (χ1) is 12.9. The van der Waals surface area contributed by atoms with Gasteiger partial charge in [-0.15, -0.1) is 0 Å². The van der Waals surface area contributed by atoms with Crippen LogP contribution in [-0.2, 0) is 14.8 Å². The first-order valence-corrected chi connectivity index (χ1v) is 10.8. The molecule has 0 spiro atoms. The van der Waals surface area contributed by atoms with Crippen LogP contribution >= 0.6 is 27.5 Å². The van der Waals surface area contributed by atoms with Crippen molar-refractivity contribution in [1.29, 1.82) is 0 Å². The normalized spacial score (nSPS) is 18.1. The molecule has 1 amide bonds. The zero-order valence-corrected chi connectivity index (χ0v) is 17.3. The van der Waals surface area contributed by atoms with Gasteiger partial charge in [0.25, 0.3) is 5.91 Å². The van der Waals surface area contributed by atoms with Crippen LogP contribution in [0.5, 0.6) is 0 Å². The SMILES string of the molecule is O=C(N/N=C\c1cccc(Br)c1)[C@H]1CCCN1S(=O)(=O)c1ccc(Cl)cc1. The Bertz CT molecular complexity index is 964. The van der Waals surface area contributed by atoms with Gasteiger partial charge in [0.05, 0.1) is 11.1 Å². The van der Waals surface area contributed by atoms with Crippen LogP contribution in [0.2, 0.25) is 5.02 Å². The Hall–Kier alpha value is -1.74. The zero-order valence-electron chi connectivity index (χ0n) is 14.2. The van der Waals surface area contributed by atoms with Crippen molar-refractivity contribution in [2.75, 3.05) is 6.54 Å². The van der Waals surface area contributed by atoms with Crippen LogP contribution in [0.3, 0.4) is 0 Å². The van der Waals surface area contributed by atoms with Crippen molar-refractivity contribution >= 4 is 49.7 Å². The molecule has 9 heteroatoms. The maximum Gasteiger partial charge on any atom is 0.258 e. The predicted octanol–water partition coefficient (Wildman–Crippen LogP) is 3.41. The highest BCUT2D eigenvalue weighted by atomic mass is 79.9. The van der Waals surface area contributed by atoms with Gasteiger partial charge < -0.3 is 0 Å². The summed E-state index contributed by atoms with van der Waals surface area (Å²) in [6.07, 6.45) is 2.57. The van der Waals surface area contributed by atoms with Gasteiger partial charge in [0.15, 0.2) is 0 Å². The first kappa shape index (κ1) is 20.0. The molecular formula is C18H17BrClN3O3S. The second-order valence-electron chi connectivity index (χ2n) is 6.02. The third kappa shape index (κ3) is 4.76. The van der Waals surface area contributed by atoms with Gasteiger partial charge in [-0.3, -0.25) is 4.79 Å². The highest BCUT2D eigenvalue weighted by Crippen LogP contribution is 2.27. The maximum atomic E-state index is 12.9. The predicted molar refractivity (Wildman–Crippen MR) is 108 cm³/mol. The summed E-state index contributed by atoms with van der Waals surface area (Å²) in [5.74, 6) is -0.448. The smallest absolute Gasteiger partial charge is 0.258 e. The quantitative estimate of drug-likeness (QED) is 0.537. The number of rotatable bonds is 5. The third-order valence-electron chi connectivity index (χ3n) is 4.16. The topological polar surface area (TPSA) is 78.8 Å². The molecule has 0 aromatic heterocycles. The Morgan fingerprint density at radius 3 is 2.70 bits per heavy atom. The van der Waals surface area contributed by atoms with E-state index in [2.05, 4.69) is 26.5 Å². The molecule has 6 nitrogen and oxygen atoms in total. The van der Waals surface area contributed by atoms with Gasteiger partial charge in [-0.05, 0) is 54.8 Å². The number of nitrogens with zero attached hydrogens (tertiary/aromatic N) is 2. The molecule has 1 N–H and O–H groups in total. The lowest BCUT2D eigenvalue weighted by Gasteiger charge is -2.22. The molecule has 1 heterocycles. The van der Waals surface area contributed by atoms with E-state index in [-0.39, 0.29) is 4.90 Å². The number of halogens is 2. The van der Waals surface area contributed by atoms with Crippen molar-refractivity contribution < 1.29 is 13.2 Å². The molecule has 2 aromatic carbocycles. The summed E-state index contributed by atoms with van der Waals surface area (Å²) >= 11 is 9.19. The van der Waals surface area contributed by atoms with E-state index in [1.807, 2.05) is 24.3 Å². The Morgan fingerprint density at radius 2 is 2.00 bits per heavy atom. The van der Waals surface area contributed by atoms with Gasteiger partial charge in [-0.1, -0.05) is 39.7 Å². The second kappa shape index (κ2) is 8.52.